The number of ketones is 2. The van der Waals surface area contributed by atoms with Crippen LogP contribution in [0.1, 0.15) is 32.6 Å². The molecular formula is C10H13F3O2. The number of rotatable bonds is 2. The molecule has 0 radical (unpaired) electrons. The van der Waals surface area contributed by atoms with Gasteiger partial charge in [-0.1, -0.05) is 13.3 Å². The number of hydrogen-bond acceptors (Lipinski definition) is 2. The molecule has 0 bridgehead atoms. The number of carbonyl (C=O) groups excluding carboxylic acids is 2. The molecule has 1 fully saturated rings. The van der Waals surface area contributed by atoms with Gasteiger partial charge >= 0.3 is 6.18 Å². The molecule has 0 amide bonds. The quantitative estimate of drug-likeness (QED) is 0.673. The molecule has 0 spiro atoms. The normalized spacial score (nSPS) is 27.9. The SMILES string of the molecule is CCC1CCC(=O)C(C(=O)C(F)(F)F)C1. The predicted molar refractivity (Wildman–Crippen MR) is 47.2 cm³/mol. The lowest BCUT2D eigenvalue weighted by molar-refractivity contribution is -0.178. The van der Waals surface area contributed by atoms with Crippen LogP contribution in [0.5, 0.6) is 0 Å². The Labute approximate surface area is 85.8 Å². The van der Waals surface area contributed by atoms with Crippen molar-refractivity contribution in [1.29, 1.82) is 0 Å². The van der Waals surface area contributed by atoms with Crippen molar-refractivity contribution in [2.24, 2.45) is 11.8 Å². The Hall–Kier alpha value is -0.870. The third-order valence-electron chi connectivity index (χ3n) is 2.93. The topological polar surface area (TPSA) is 34.1 Å². The Bertz CT molecular complexity index is 270. The van der Waals surface area contributed by atoms with Gasteiger partial charge in [0.15, 0.2) is 0 Å². The molecule has 1 aliphatic carbocycles. The first-order valence-electron chi connectivity index (χ1n) is 5.00. The predicted octanol–water partition coefficient (Wildman–Crippen LogP) is 2.51. The molecule has 2 unspecified atom stereocenters. The fraction of sp³-hybridized carbons (Fsp3) is 0.800. The monoisotopic (exact) mass is 222 g/mol. The highest BCUT2D eigenvalue weighted by Gasteiger charge is 2.47. The largest absolute Gasteiger partial charge is 0.450 e. The van der Waals surface area contributed by atoms with E-state index in [1.165, 1.54) is 0 Å². The summed E-state index contributed by atoms with van der Waals surface area (Å²) in [4.78, 5) is 22.2. The Morgan fingerprint density at radius 3 is 2.53 bits per heavy atom. The molecule has 0 aromatic rings. The van der Waals surface area contributed by atoms with E-state index in [1.54, 1.807) is 0 Å². The van der Waals surface area contributed by atoms with Gasteiger partial charge in [-0.25, -0.2) is 0 Å². The standard InChI is InChI=1S/C10H13F3O2/c1-2-6-3-4-8(14)7(5-6)9(15)10(11,12)13/h6-7H,2-5H2,1H3. The smallest absolute Gasteiger partial charge is 0.299 e. The maximum Gasteiger partial charge on any atom is 0.450 e. The maximum absolute atomic E-state index is 12.1. The van der Waals surface area contributed by atoms with Crippen molar-refractivity contribution < 1.29 is 22.8 Å². The van der Waals surface area contributed by atoms with E-state index in [0.29, 0.717) is 6.42 Å². The van der Waals surface area contributed by atoms with Gasteiger partial charge < -0.3 is 0 Å². The summed E-state index contributed by atoms with van der Waals surface area (Å²) in [5, 5.41) is 0. The van der Waals surface area contributed by atoms with Gasteiger partial charge in [0.25, 0.3) is 0 Å². The fourth-order valence-electron chi connectivity index (χ4n) is 1.92. The molecule has 2 atom stereocenters. The lowest BCUT2D eigenvalue weighted by atomic mass is 9.77. The van der Waals surface area contributed by atoms with E-state index in [0.717, 1.165) is 6.42 Å². The molecule has 2 nitrogen and oxygen atoms in total. The maximum atomic E-state index is 12.1. The van der Waals surface area contributed by atoms with Crippen molar-refractivity contribution in [3.8, 4) is 0 Å². The molecule has 0 aromatic heterocycles. The third kappa shape index (κ3) is 2.79. The van der Waals surface area contributed by atoms with Crippen LogP contribution in [-0.4, -0.2) is 17.7 Å². The zero-order valence-electron chi connectivity index (χ0n) is 8.43. The highest BCUT2D eigenvalue weighted by Crippen LogP contribution is 2.33. The van der Waals surface area contributed by atoms with Crippen molar-refractivity contribution >= 4 is 11.6 Å². The molecule has 1 rings (SSSR count). The molecule has 86 valence electrons. The van der Waals surface area contributed by atoms with E-state index in [9.17, 15) is 22.8 Å². The molecule has 0 aromatic carbocycles. The molecule has 1 aliphatic rings. The Balaban J connectivity index is 2.74. The first-order valence-corrected chi connectivity index (χ1v) is 5.00. The van der Waals surface area contributed by atoms with Crippen LogP contribution in [0.2, 0.25) is 0 Å². The van der Waals surface area contributed by atoms with Crippen LogP contribution in [-0.2, 0) is 9.59 Å². The van der Waals surface area contributed by atoms with Crippen LogP contribution in [0.25, 0.3) is 0 Å². The van der Waals surface area contributed by atoms with E-state index in [2.05, 4.69) is 0 Å². The highest BCUT2D eigenvalue weighted by atomic mass is 19.4. The second-order valence-electron chi connectivity index (χ2n) is 3.93. The zero-order chi connectivity index (χ0) is 11.6. The average Bonchev–Trinajstić information content (AvgIpc) is 2.16. The molecule has 0 N–H and O–H groups in total. The summed E-state index contributed by atoms with van der Waals surface area (Å²) in [6, 6.07) is 0. The summed E-state index contributed by atoms with van der Waals surface area (Å²) in [6.07, 6.45) is -3.39. The summed E-state index contributed by atoms with van der Waals surface area (Å²) >= 11 is 0. The van der Waals surface area contributed by atoms with Gasteiger partial charge in [-0.3, -0.25) is 9.59 Å². The minimum Gasteiger partial charge on any atom is -0.299 e. The Morgan fingerprint density at radius 1 is 1.47 bits per heavy atom. The van der Waals surface area contributed by atoms with E-state index in [-0.39, 0.29) is 18.8 Å². The van der Waals surface area contributed by atoms with E-state index >= 15 is 0 Å². The minimum absolute atomic E-state index is 0.0632. The van der Waals surface area contributed by atoms with Gasteiger partial charge in [-0.15, -0.1) is 0 Å². The number of hydrogen-bond donors (Lipinski definition) is 0. The van der Waals surface area contributed by atoms with Crippen molar-refractivity contribution in [2.75, 3.05) is 0 Å². The molecule has 0 aliphatic heterocycles. The van der Waals surface area contributed by atoms with Crippen molar-refractivity contribution in [1.82, 2.24) is 0 Å². The number of Topliss-reactive ketones (excluding diaryl/α,β-unsaturated/α-hetero) is 2. The minimum atomic E-state index is -4.88. The van der Waals surface area contributed by atoms with Gasteiger partial charge in [0.1, 0.15) is 5.78 Å². The van der Waals surface area contributed by atoms with E-state index in [4.69, 9.17) is 0 Å². The van der Waals surface area contributed by atoms with Gasteiger partial charge in [0.2, 0.25) is 5.78 Å². The average molecular weight is 222 g/mol. The Kier molecular flexibility index (Phi) is 3.52. The molecule has 15 heavy (non-hydrogen) atoms. The van der Waals surface area contributed by atoms with Crippen LogP contribution in [0.15, 0.2) is 0 Å². The number of alkyl halides is 3. The van der Waals surface area contributed by atoms with Crippen LogP contribution >= 0.6 is 0 Å². The van der Waals surface area contributed by atoms with Gasteiger partial charge in [-0.2, -0.15) is 13.2 Å². The van der Waals surface area contributed by atoms with Crippen molar-refractivity contribution in [2.45, 2.75) is 38.8 Å². The Morgan fingerprint density at radius 2 is 2.07 bits per heavy atom. The lowest BCUT2D eigenvalue weighted by Crippen LogP contribution is -2.38. The van der Waals surface area contributed by atoms with E-state index < -0.39 is 23.7 Å². The highest BCUT2D eigenvalue weighted by molar-refractivity contribution is 6.05. The van der Waals surface area contributed by atoms with Gasteiger partial charge in [0, 0.05) is 6.42 Å². The summed E-state index contributed by atoms with van der Waals surface area (Å²) in [5.41, 5.74) is 0. The molecule has 0 saturated heterocycles. The summed E-state index contributed by atoms with van der Waals surface area (Å²) in [6.45, 7) is 1.86. The third-order valence-corrected chi connectivity index (χ3v) is 2.93. The summed E-state index contributed by atoms with van der Waals surface area (Å²) in [7, 11) is 0. The van der Waals surface area contributed by atoms with Gasteiger partial charge in [-0.05, 0) is 18.8 Å². The second kappa shape index (κ2) is 4.33. The summed E-state index contributed by atoms with van der Waals surface area (Å²) in [5.74, 6) is -3.80. The van der Waals surface area contributed by atoms with Gasteiger partial charge in [0.05, 0.1) is 5.92 Å². The second-order valence-corrected chi connectivity index (χ2v) is 3.93. The van der Waals surface area contributed by atoms with E-state index in [1.807, 2.05) is 6.92 Å². The van der Waals surface area contributed by atoms with Crippen LogP contribution in [0.3, 0.4) is 0 Å². The lowest BCUT2D eigenvalue weighted by Gasteiger charge is -2.26. The zero-order valence-corrected chi connectivity index (χ0v) is 8.43. The first kappa shape index (κ1) is 12.2. The number of halogens is 3. The molecular weight excluding hydrogens is 209 g/mol. The summed E-state index contributed by atoms with van der Waals surface area (Å²) < 4.78 is 36.4. The molecule has 0 heterocycles. The van der Waals surface area contributed by atoms with Crippen molar-refractivity contribution in [3.63, 3.8) is 0 Å². The number of carbonyl (C=O) groups is 2. The first-order chi connectivity index (χ1) is 6.86. The van der Waals surface area contributed by atoms with Crippen LogP contribution in [0, 0.1) is 11.8 Å². The molecule has 5 heteroatoms. The fourth-order valence-corrected chi connectivity index (χ4v) is 1.92. The molecule has 1 saturated carbocycles. The van der Waals surface area contributed by atoms with Crippen LogP contribution < -0.4 is 0 Å². The van der Waals surface area contributed by atoms with Crippen molar-refractivity contribution in [3.05, 3.63) is 0 Å². The van der Waals surface area contributed by atoms with Crippen LogP contribution in [0.4, 0.5) is 13.2 Å².